The van der Waals surface area contributed by atoms with E-state index in [9.17, 15) is 49.4 Å². The van der Waals surface area contributed by atoms with Crippen molar-refractivity contribution in [3.63, 3.8) is 0 Å². The maximum atomic E-state index is 12.7. The van der Waals surface area contributed by atoms with Crippen LogP contribution in [0.2, 0.25) is 0 Å². The number of aryl methyl sites for hydroxylation is 1. The molecule has 0 saturated carbocycles. The number of benzene rings is 1. The van der Waals surface area contributed by atoms with Gasteiger partial charge in [-0.05, 0) is 24.6 Å². The van der Waals surface area contributed by atoms with Crippen LogP contribution in [-0.2, 0) is 10.4 Å². The van der Waals surface area contributed by atoms with Crippen LogP contribution >= 0.6 is 0 Å². The third kappa shape index (κ3) is 3.57. The van der Waals surface area contributed by atoms with Gasteiger partial charge in [-0.15, -0.1) is 0 Å². The van der Waals surface area contributed by atoms with Crippen LogP contribution in [0.1, 0.15) is 11.1 Å². The van der Waals surface area contributed by atoms with E-state index in [1.165, 1.54) is 0 Å². The van der Waals surface area contributed by atoms with E-state index in [4.69, 9.17) is 0 Å². The Balaban J connectivity index is 3.35. The second-order valence-electron chi connectivity index (χ2n) is 4.57. The molecular formula is C12H7F9O3. The summed E-state index contributed by atoms with van der Waals surface area (Å²) in [5, 5.41) is 9.20. The summed E-state index contributed by atoms with van der Waals surface area (Å²) in [4.78, 5) is 10.6. The topological polar surface area (TPSA) is 46.5 Å². The summed E-state index contributed by atoms with van der Waals surface area (Å²) >= 11 is 0. The molecule has 0 amide bonds. The molecule has 3 nitrogen and oxygen atoms in total. The molecule has 0 saturated heterocycles. The number of esters is 1. The number of aliphatic hydroxyl groups is 1. The van der Waals surface area contributed by atoms with E-state index in [1.807, 2.05) is 0 Å². The number of alkyl halides is 9. The van der Waals surface area contributed by atoms with Crippen LogP contribution in [0.25, 0.3) is 0 Å². The molecule has 24 heavy (non-hydrogen) atoms. The van der Waals surface area contributed by atoms with Gasteiger partial charge in [-0.3, -0.25) is 0 Å². The fourth-order valence-electron chi connectivity index (χ4n) is 1.74. The minimum absolute atomic E-state index is 0.0787. The summed E-state index contributed by atoms with van der Waals surface area (Å²) in [5.74, 6) is -3.65. The molecule has 0 radical (unpaired) electrons. The van der Waals surface area contributed by atoms with E-state index < -0.39 is 47.0 Å². The smallest absolute Gasteiger partial charge is 0.420 e. The van der Waals surface area contributed by atoms with Gasteiger partial charge in [-0.25, -0.2) is 4.79 Å². The predicted octanol–water partition coefficient (Wildman–Crippen LogP) is 3.77. The van der Waals surface area contributed by atoms with E-state index in [1.54, 1.807) is 0 Å². The molecule has 0 heterocycles. The molecule has 1 aromatic carbocycles. The Bertz CT molecular complexity index is 614. The van der Waals surface area contributed by atoms with Gasteiger partial charge < -0.3 is 9.84 Å². The molecule has 0 aliphatic carbocycles. The summed E-state index contributed by atoms with van der Waals surface area (Å²) in [7, 11) is 0. The van der Waals surface area contributed by atoms with Gasteiger partial charge in [-0.2, -0.15) is 39.5 Å². The lowest BCUT2D eigenvalue weighted by Gasteiger charge is -2.33. The Morgan fingerprint density at radius 3 is 1.75 bits per heavy atom. The van der Waals surface area contributed by atoms with Crippen LogP contribution in [0.3, 0.4) is 0 Å². The Kier molecular flexibility index (Phi) is 4.87. The van der Waals surface area contributed by atoms with Gasteiger partial charge in [0.15, 0.2) is 0 Å². The quantitative estimate of drug-likeness (QED) is 0.490. The molecule has 0 aromatic heterocycles. The van der Waals surface area contributed by atoms with Crippen molar-refractivity contribution in [2.75, 3.05) is 0 Å². The van der Waals surface area contributed by atoms with Crippen molar-refractivity contribution in [1.29, 1.82) is 0 Å². The number of hydrogen-bond donors (Lipinski definition) is 1. The van der Waals surface area contributed by atoms with E-state index in [-0.39, 0.29) is 12.1 Å². The van der Waals surface area contributed by atoms with E-state index >= 15 is 0 Å². The van der Waals surface area contributed by atoms with Crippen molar-refractivity contribution in [2.45, 2.75) is 31.1 Å². The molecule has 1 aromatic rings. The van der Waals surface area contributed by atoms with Crippen LogP contribution in [0.4, 0.5) is 39.5 Å². The number of carbonyl (C=O) groups is 1. The molecule has 0 atom stereocenters. The van der Waals surface area contributed by atoms with Gasteiger partial charge in [0.25, 0.3) is 5.60 Å². The highest BCUT2D eigenvalue weighted by Gasteiger charge is 2.71. The van der Waals surface area contributed by atoms with Gasteiger partial charge >= 0.3 is 24.5 Å². The number of carbonyl (C=O) groups excluding carboxylic acids is 1. The van der Waals surface area contributed by atoms with E-state index in [2.05, 4.69) is 4.74 Å². The van der Waals surface area contributed by atoms with Crippen LogP contribution < -0.4 is 4.74 Å². The lowest BCUT2D eigenvalue weighted by Crippen LogP contribution is -2.54. The zero-order valence-electron chi connectivity index (χ0n) is 11.4. The summed E-state index contributed by atoms with van der Waals surface area (Å²) in [6, 6.07) is 0.686. The largest absolute Gasteiger partial charge is 0.491 e. The number of halogens is 9. The number of hydrogen-bond acceptors (Lipinski definition) is 3. The molecular weight excluding hydrogens is 363 g/mol. The van der Waals surface area contributed by atoms with Crippen molar-refractivity contribution in [1.82, 2.24) is 0 Å². The van der Waals surface area contributed by atoms with Crippen molar-refractivity contribution in [2.24, 2.45) is 0 Å². The molecule has 0 bridgehead atoms. The zero-order chi connectivity index (χ0) is 19.1. The summed E-state index contributed by atoms with van der Waals surface area (Å²) in [6.07, 6.45) is -17.7. The molecule has 12 heteroatoms. The standard InChI is InChI=1S/C12H7F9O3/c1-5-4-6(24-8(22)10(13,14)15)2-3-7(5)9(23,11(16,17)18)12(19,20)21/h2-4,23H,1H3. The highest BCUT2D eigenvalue weighted by molar-refractivity contribution is 5.78. The van der Waals surface area contributed by atoms with Crippen molar-refractivity contribution in [3.05, 3.63) is 29.3 Å². The van der Waals surface area contributed by atoms with E-state index in [0.717, 1.165) is 0 Å². The average molecular weight is 370 g/mol. The molecule has 1 rings (SSSR count). The number of rotatable bonds is 2. The lowest BCUT2D eigenvalue weighted by atomic mass is 9.88. The third-order valence-corrected chi connectivity index (χ3v) is 2.85. The van der Waals surface area contributed by atoms with Crippen LogP contribution in [0, 0.1) is 6.92 Å². The Hall–Kier alpha value is -1.98. The first kappa shape index (κ1) is 20.1. The highest BCUT2D eigenvalue weighted by atomic mass is 19.4. The van der Waals surface area contributed by atoms with Gasteiger partial charge in [0.2, 0.25) is 0 Å². The Labute approximate surface area is 127 Å². The molecule has 0 aliphatic heterocycles. The average Bonchev–Trinajstić information content (AvgIpc) is 2.34. The third-order valence-electron chi connectivity index (χ3n) is 2.85. The van der Waals surface area contributed by atoms with E-state index in [0.29, 0.717) is 13.0 Å². The molecule has 0 aliphatic rings. The molecule has 1 N–H and O–H groups in total. The van der Waals surface area contributed by atoms with Crippen LogP contribution in [0.15, 0.2) is 18.2 Å². The molecule has 0 unspecified atom stereocenters. The zero-order valence-corrected chi connectivity index (χ0v) is 11.4. The van der Waals surface area contributed by atoms with Crippen molar-refractivity contribution >= 4 is 5.97 Å². The van der Waals surface area contributed by atoms with Crippen molar-refractivity contribution in [3.8, 4) is 5.75 Å². The summed E-state index contributed by atoms with van der Waals surface area (Å²) < 4.78 is 116. The van der Waals surface area contributed by atoms with Crippen LogP contribution in [0.5, 0.6) is 5.75 Å². The molecule has 0 spiro atoms. The fraction of sp³-hybridized carbons (Fsp3) is 0.417. The van der Waals surface area contributed by atoms with Gasteiger partial charge in [-0.1, -0.05) is 6.07 Å². The minimum atomic E-state index is -6.15. The SMILES string of the molecule is Cc1cc(OC(=O)C(F)(F)F)ccc1C(O)(C(F)(F)F)C(F)(F)F. The lowest BCUT2D eigenvalue weighted by molar-refractivity contribution is -0.376. The Morgan fingerprint density at radius 2 is 1.42 bits per heavy atom. The normalized spacial score (nSPS) is 13.8. The summed E-state index contributed by atoms with van der Waals surface area (Å²) in [6.45, 7) is 0.669. The molecule has 136 valence electrons. The number of ether oxygens (including phenoxy) is 1. The second kappa shape index (κ2) is 5.83. The Morgan fingerprint density at radius 1 is 0.958 bits per heavy atom. The maximum absolute atomic E-state index is 12.7. The minimum Gasteiger partial charge on any atom is -0.420 e. The fourth-order valence-corrected chi connectivity index (χ4v) is 1.74. The van der Waals surface area contributed by atoms with Gasteiger partial charge in [0.1, 0.15) is 5.75 Å². The second-order valence-corrected chi connectivity index (χ2v) is 4.57. The summed E-state index contributed by atoms with van der Waals surface area (Å²) in [5.41, 5.74) is -7.79. The molecule has 0 fully saturated rings. The first-order valence-electron chi connectivity index (χ1n) is 5.77. The first-order valence-corrected chi connectivity index (χ1v) is 5.77. The van der Waals surface area contributed by atoms with Crippen molar-refractivity contribution < 1.29 is 54.2 Å². The van der Waals surface area contributed by atoms with Gasteiger partial charge in [0.05, 0.1) is 0 Å². The maximum Gasteiger partial charge on any atom is 0.491 e. The van der Waals surface area contributed by atoms with Crippen LogP contribution in [-0.4, -0.2) is 29.6 Å². The first-order chi connectivity index (χ1) is 10.5. The van der Waals surface area contributed by atoms with Gasteiger partial charge in [0, 0.05) is 5.56 Å². The highest BCUT2D eigenvalue weighted by Crippen LogP contribution is 2.51. The monoisotopic (exact) mass is 370 g/mol. The predicted molar refractivity (Wildman–Crippen MR) is 58.9 cm³/mol.